The first-order valence-corrected chi connectivity index (χ1v) is 4.98. The molecule has 0 saturated carbocycles. The normalized spacial score (nSPS) is 11.3. The number of halogens is 4. The second-order valence-electron chi connectivity index (χ2n) is 3.55. The number of hydrogen-bond acceptors (Lipinski definition) is 2. The van der Waals surface area contributed by atoms with Crippen molar-refractivity contribution in [3.63, 3.8) is 0 Å². The molecule has 0 bridgehead atoms. The fraction of sp³-hybridized carbons (Fsp3) is 0.364. The van der Waals surface area contributed by atoms with Gasteiger partial charge in [0.2, 0.25) is 0 Å². The predicted molar refractivity (Wildman–Crippen MR) is 53.9 cm³/mol. The first-order chi connectivity index (χ1) is 8.28. The largest absolute Gasteiger partial charge is 0.484 e. The van der Waals surface area contributed by atoms with E-state index in [1.54, 1.807) is 0 Å². The molecule has 0 unspecified atom stereocenters. The van der Waals surface area contributed by atoms with Gasteiger partial charge in [0.25, 0.3) is 0 Å². The number of aliphatic carboxylic acids is 1. The third kappa shape index (κ3) is 5.03. The van der Waals surface area contributed by atoms with Gasteiger partial charge >= 0.3 is 12.1 Å². The highest BCUT2D eigenvalue weighted by Crippen LogP contribution is 2.21. The maximum absolute atomic E-state index is 13.4. The predicted octanol–water partition coefficient (Wildman–Crippen LogP) is 2.78. The van der Waals surface area contributed by atoms with E-state index in [0.29, 0.717) is 0 Å². The van der Waals surface area contributed by atoms with Crippen LogP contribution >= 0.6 is 0 Å². The van der Waals surface area contributed by atoms with Crippen LogP contribution in [0.25, 0.3) is 0 Å². The standard InChI is InChI=1S/C11H10F4O3/c12-9-5-8(18-6-11(13,14)15)3-1-7(9)2-4-10(16)17/h1,3,5H,2,4,6H2,(H,16,17). The summed E-state index contributed by atoms with van der Waals surface area (Å²) in [6, 6.07) is 3.19. The van der Waals surface area contributed by atoms with Gasteiger partial charge in [-0.2, -0.15) is 13.2 Å². The molecule has 3 nitrogen and oxygen atoms in total. The van der Waals surface area contributed by atoms with Gasteiger partial charge in [-0.3, -0.25) is 4.79 Å². The zero-order chi connectivity index (χ0) is 13.8. The molecule has 0 amide bonds. The summed E-state index contributed by atoms with van der Waals surface area (Å²) in [6.45, 7) is -1.50. The maximum Gasteiger partial charge on any atom is 0.422 e. The van der Waals surface area contributed by atoms with Crippen LogP contribution < -0.4 is 4.74 Å². The third-order valence-corrected chi connectivity index (χ3v) is 2.04. The lowest BCUT2D eigenvalue weighted by molar-refractivity contribution is -0.153. The first-order valence-electron chi connectivity index (χ1n) is 4.98. The molecule has 1 aromatic rings. The SMILES string of the molecule is O=C(O)CCc1ccc(OCC(F)(F)F)cc1F. The van der Waals surface area contributed by atoms with Crippen molar-refractivity contribution in [1.29, 1.82) is 0 Å². The molecule has 0 radical (unpaired) electrons. The smallest absolute Gasteiger partial charge is 0.422 e. The van der Waals surface area contributed by atoms with E-state index in [9.17, 15) is 22.4 Å². The molecule has 1 N–H and O–H groups in total. The van der Waals surface area contributed by atoms with Crippen LogP contribution in [-0.4, -0.2) is 23.9 Å². The molecule has 100 valence electrons. The lowest BCUT2D eigenvalue weighted by Crippen LogP contribution is -2.19. The lowest BCUT2D eigenvalue weighted by atomic mass is 10.1. The lowest BCUT2D eigenvalue weighted by Gasteiger charge is -2.10. The topological polar surface area (TPSA) is 46.5 Å². The Bertz CT molecular complexity index is 429. The number of hydrogen-bond donors (Lipinski definition) is 1. The fourth-order valence-electron chi connectivity index (χ4n) is 1.23. The number of rotatable bonds is 5. The van der Waals surface area contributed by atoms with Gasteiger partial charge in [-0.25, -0.2) is 4.39 Å². The number of aryl methyl sites for hydroxylation is 1. The highest BCUT2D eigenvalue weighted by Gasteiger charge is 2.28. The Labute approximate surface area is 100.0 Å². The van der Waals surface area contributed by atoms with E-state index >= 15 is 0 Å². The summed E-state index contributed by atoms with van der Waals surface area (Å²) in [5, 5.41) is 8.42. The molecule has 1 rings (SSSR count). The summed E-state index contributed by atoms with van der Waals surface area (Å²) < 4.78 is 53.3. The Kier molecular flexibility index (Phi) is 4.52. The molecule has 0 aliphatic heterocycles. The van der Waals surface area contributed by atoms with E-state index in [-0.39, 0.29) is 24.2 Å². The highest BCUT2D eigenvalue weighted by atomic mass is 19.4. The van der Waals surface area contributed by atoms with Crippen molar-refractivity contribution in [2.45, 2.75) is 19.0 Å². The van der Waals surface area contributed by atoms with Gasteiger partial charge < -0.3 is 9.84 Å². The number of carbonyl (C=O) groups is 1. The van der Waals surface area contributed by atoms with Gasteiger partial charge in [0, 0.05) is 12.5 Å². The van der Waals surface area contributed by atoms with Crippen molar-refractivity contribution in [3.8, 4) is 5.75 Å². The van der Waals surface area contributed by atoms with Gasteiger partial charge in [0.05, 0.1) is 0 Å². The minimum Gasteiger partial charge on any atom is -0.484 e. The Balaban J connectivity index is 2.64. The molecule has 18 heavy (non-hydrogen) atoms. The quantitative estimate of drug-likeness (QED) is 0.833. The number of carboxylic acid groups (broad SMARTS) is 1. The van der Waals surface area contributed by atoms with Crippen LogP contribution in [0.1, 0.15) is 12.0 Å². The third-order valence-electron chi connectivity index (χ3n) is 2.04. The number of alkyl halides is 3. The van der Waals surface area contributed by atoms with Crippen LogP contribution in [0, 0.1) is 5.82 Å². The summed E-state index contributed by atoms with van der Waals surface area (Å²) >= 11 is 0. The molecule has 0 atom stereocenters. The Morgan fingerprint density at radius 1 is 1.33 bits per heavy atom. The van der Waals surface area contributed by atoms with Crippen LogP contribution in [0.4, 0.5) is 17.6 Å². The number of ether oxygens (including phenoxy) is 1. The van der Waals surface area contributed by atoms with Crippen LogP contribution in [0.3, 0.4) is 0 Å². The van der Waals surface area contributed by atoms with Crippen LogP contribution in [0.15, 0.2) is 18.2 Å². The summed E-state index contributed by atoms with van der Waals surface area (Å²) in [4.78, 5) is 10.3. The van der Waals surface area contributed by atoms with Gasteiger partial charge in [0.15, 0.2) is 6.61 Å². The summed E-state index contributed by atoms with van der Waals surface area (Å²) in [6.07, 6.45) is -4.77. The van der Waals surface area contributed by atoms with Gasteiger partial charge in [-0.05, 0) is 18.1 Å². The van der Waals surface area contributed by atoms with Crippen molar-refractivity contribution in [3.05, 3.63) is 29.6 Å². The summed E-state index contributed by atoms with van der Waals surface area (Å²) in [5.41, 5.74) is 0.122. The first kappa shape index (κ1) is 14.3. The highest BCUT2D eigenvalue weighted by molar-refractivity contribution is 5.67. The van der Waals surface area contributed by atoms with E-state index in [0.717, 1.165) is 6.07 Å². The van der Waals surface area contributed by atoms with Crippen LogP contribution in [0.2, 0.25) is 0 Å². The van der Waals surface area contributed by atoms with Crippen molar-refractivity contribution in [2.24, 2.45) is 0 Å². The fourth-order valence-corrected chi connectivity index (χ4v) is 1.23. The monoisotopic (exact) mass is 266 g/mol. The van der Waals surface area contributed by atoms with Crippen molar-refractivity contribution < 1.29 is 32.2 Å². The van der Waals surface area contributed by atoms with Gasteiger partial charge in [-0.15, -0.1) is 0 Å². The zero-order valence-corrected chi connectivity index (χ0v) is 9.13. The molecule has 0 saturated heterocycles. The average Bonchev–Trinajstić information content (AvgIpc) is 2.24. The van der Waals surface area contributed by atoms with E-state index in [1.807, 2.05) is 0 Å². The van der Waals surface area contributed by atoms with Crippen molar-refractivity contribution in [2.75, 3.05) is 6.61 Å². The molecule has 7 heteroatoms. The van der Waals surface area contributed by atoms with E-state index in [2.05, 4.69) is 4.74 Å². The van der Waals surface area contributed by atoms with Gasteiger partial charge in [0.1, 0.15) is 11.6 Å². The zero-order valence-electron chi connectivity index (χ0n) is 9.13. The molecule has 0 aromatic heterocycles. The number of benzene rings is 1. The van der Waals surface area contributed by atoms with Crippen molar-refractivity contribution in [1.82, 2.24) is 0 Å². The molecule has 0 aliphatic carbocycles. The van der Waals surface area contributed by atoms with E-state index in [1.165, 1.54) is 12.1 Å². The summed E-state index contributed by atoms with van der Waals surface area (Å²) in [5.74, 6) is -2.10. The maximum atomic E-state index is 13.4. The van der Waals surface area contributed by atoms with Crippen LogP contribution in [0.5, 0.6) is 5.75 Å². The second kappa shape index (κ2) is 5.70. The Morgan fingerprint density at radius 2 is 2.00 bits per heavy atom. The molecule has 0 aliphatic rings. The number of carboxylic acids is 1. The summed E-state index contributed by atoms with van der Waals surface area (Å²) in [7, 11) is 0. The minimum atomic E-state index is -4.49. The molecule has 0 heterocycles. The Hall–Kier alpha value is -1.79. The van der Waals surface area contributed by atoms with E-state index in [4.69, 9.17) is 5.11 Å². The minimum absolute atomic E-state index is 0.0271. The molecule has 0 spiro atoms. The van der Waals surface area contributed by atoms with Gasteiger partial charge in [-0.1, -0.05) is 6.07 Å². The van der Waals surface area contributed by atoms with E-state index < -0.39 is 24.6 Å². The second-order valence-corrected chi connectivity index (χ2v) is 3.55. The molecular weight excluding hydrogens is 256 g/mol. The Morgan fingerprint density at radius 3 is 2.50 bits per heavy atom. The average molecular weight is 266 g/mol. The molecular formula is C11H10F4O3. The van der Waals surface area contributed by atoms with Crippen LogP contribution in [-0.2, 0) is 11.2 Å². The molecule has 1 aromatic carbocycles. The van der Waals surface area contributed by atoms with Crippen molar-refractivity contribution >= 4 is 5.97 Å². The molecule has 0 fully saturated rings.